The lowest BCUT2D eigenvalue weighted by molar-refractivity contribution is -0.137. The van der Waals surface area contributed by atoms with Crippen LogP contribution >= 0.6 is 0 Å². The van der Waals surface area contributed by atoms with Crippen LogP contribution < -0.4 is 0 Å². The molecule has 1 rings (SSSR count). The number of carboxylic acid groups (broad SMARTS) is 1. The van der Waals surface area contributed by atoms with Crippen LogP contribution in [0, 0.1) is 11.8 Å². The standard InChI is InChI=1S/C20H30O3/c1-2-3-4-5-6-9-12-17-15-16-19(21)18(17)13-10-7-8-11-14-20(22)23/h7,9-10,12,15-18H,2-6,8,11,13-14H2,1H3,(H,22,23)/t17-,18+/m0/s1. The van der Waals surface area contributed by atoms with Gasteiger partial charge in [0.05, 0.1) is 0 Å². The molecule has 128 valence electrons. The summed E-state index contributed by atoms with van der Waals surface area (Å²) in [7, 11) is 0. The van der Waals surface area contributed by atoms with Crippen molar-refractivity contribution >= 4 is 11.8 Å². The minimum absolute atomic E-state index is 0.0256. The molecule has 0 fully saturated rings. The highest BCUT2D eigenvalue weighted by atomic mass is 16.4. The smallest absolute Gasteiger partial charge is 0.303 e. The van der Waals surface area contributed by atoms with Crippen LogP contribution in [0.2, 0.25) is 0 Å². The van der Waals surface area contributed by atoms with Crippen molar-refractivity contribution in [2.45, 2.75) is 64.7 Å². The zero-order chi connectivity index (χ0) is 16.9. The number of ketones is 1. The number of hydrogen-bond acceptors (Lipinski definition) is 2. The number of carbonyl (C=O) groups is 2. The highest BCUT2D eigenvalue weighted by molar-refractivity contribution is 5.95. The first kappa shape index (κ1) is 19.4. The number of unbranched alkanes of at least 4 members (excludes halogenated alkanes) is 5. The van der Waals surface area contributed by atoms with E-state index in [1.54, 1.807) is 6.08 Å². The zero-order valence-electron chi connectivity index (χ0n) is 14.2. The quantitative estimate of drug-likeness (QED) is 0.403. The van der Waals surface area contributed by atoms with E-state index in [1.807, 2.05) is 18.2 Å². The van der Waals surface area contributed by atoms with Crippen LogP contribution in [0.3, 0.4) is 0 Å². The van der Waals surface area contributed by atoms with Gasteiger partial charge in [-0.05, 0) is 38.2 Å². The van der Waals surface area contributed by atoms with Gasteiger partial charge in [0, 0.05) is 18.3 Å². The predicted octanol–water partition coefficient (Wildman–Crippen LogP) is 5.09. The summed E-state index contributed by atoms with van der Waals surface area (Å²) in [6, 6.07) is 0. The number of carbonyl (C=O) groups excluding carboxylic acids is 1. The van der Waals surface area contributed by atoms with Crippen LogP contribution in [0.25, 0.3) is 0 Å². The molecule has 23 heavy (non-hydrogen) atoms. The average Bonchev–Trinajstić information content (AvgIpc) is 2.86. The first-order valence-corrected chi connectivity index (χ1v) is 8.90. The molecule has 0 bridgehead atoms. The Morgan fingerprint density at radius 2 is 1.91 bits per heavy atom. The minimum atomic E-state index is -0.752. The summed E-state index contributed by atoms with van der Waals surface area (Å²) in [5, 5.41) is 8.58. The zero-order valence-corrected chi connectivity index (χ0v) is 14.2. The van der Waals surface area contributed by atoms with E-state index in [9.17, 15) is 9.59 Å². The molecule has 0 unspecified atom stereocenters. The fraction of sp³-hybridized carbons (Fsp3) is 0.600. The Balaban J connectivity index is 2.29. The molecule has 0 aromatic heterocycles. The van der Waals surface area contributed by atoms with Gasteiger partial charge < -0.3 is 5.11 Å². The van der Waals surface area contributed by atoms with E-state index >= 15 is 0 Å². The molecule has 3 nitrogen and oxygen atoms in total. The summed E-state index contributed by atoms with van der Waals surface area (Å²) in [5.74, 6) is -0.298. The highest BCUT2D eigenvalue weighted by Gasteiger charge is 2.26. The molecule has 0 amide bonds. The normalized spacial score (nSPS) is 21.0. The molecular weight excluding hydrogens is 288 g/mol. The molecule has 0 heterocycles. The van der Waals surface area contributed by atoms with E-state index in [4.69, 9.17) is 5.11 Å². The third-order valence-corrected chi connectivity index (χ3v) is 4.21. The summed E-state index contributed by atoms with van der Waals surface area (Å²) in [5.41, 5.74) is 0. The lowest BCUT2D eigenvalue weighted by Gasteiger charge is -2.12. The Morgan fingerprint density at radius 1 is 1.13 bits per heavy atom. The molecule has 0 spiro atoms. The summed E-state index contributed by atoms with van der Waals surface area (Å²) in [6.07, 6.45) is 20.6. The second kappa shape index (κ2) is 11.9. The van der Waals surface area contributed by atoms with Crippen LogP contribution in [0.4, 0.5) is 0 Å². The van der Waals surface area contributed by atoms with Crippen molar-refractivity contribution in [3.63, 3.8) is 0 Å². The van der Waals surface area contributed by atoms with Gasteiger partial charge in [-0.3, -0.25) is 9.59 Å². The molecule has 1 aliphatic rings. The molecule has 0 saturated heterocycles. The first-order chi connectivity index (χ1) is 11.1. The molecule has 0 aromatic carbocycles. The Hall–Kier alpha value is -1.64. The lowest BCUT2D eigenvalue weighted by atomic mass is 9.90. The van der Waals surface area contributed by atoms with Crippen molar-refractivity contribution in [2.75, 3.05) is 0 Å². The maximum absolute atomic E-state index is 11.9. The topological polar surface area (TPSA) is 54.4 Å². The van der Waals surface area contributed by atoms with Crippen molar-refractivity contribution in [3.05, 3.63) is 36.5 Å². The number of allylic oxidation sites excluding steroid dienone is 6. The SMILES string of the molecule is CCCCCCC=C[C@H]1C=CC(=O)[C@@H]1CC=CCCCC(=O)O. The summed E-state index contributed by atoms with van der Waals surface area (Å²) >= 11 is 0. The van der Waals surface area contributed by atoms with Gasteiger partial charge >= 0.3 is 5.97 Å². The Kier molecular flexibility index (Phi) is 10.0. The number of aliphatic carboxylic acids is 1. The molecule has 1 aliphatic carbocycles. The lowest BCUT2D eigenvalue weighted by Crippen LogP contribution is -2.13. The van der Waals surface area contributed by atoms with Crippen LogP contribution in [-0.2, 0) is 9.59 Å². The van der Waals surface area contributed by atoms with E-state index in [1.165, 1.54) is 25.7 Å². The van der Waals surface area contributed by atoms with E-state index < -0.39 is 5.97 Å². The summed E-state index contributed by atoms with van der Waals surface area (Å²) in [4.78, 5) is 22.4. The van der Waals surface area contributed by atoms with Gasteiger partial charge in [0.1, 0.15) is 0 Å². The van der Waals surface area contributed by atoms with Crippen LogP contribution in [0.5, 0.6) is 0 Å². The van der Waals surface area contributed by atoms with Gasteiger partial charge in [-0.25, -0.2) is 0 Å². The van der Waals surface area contributed by atoms with Gasteiger partial charge in [-0.1, -0.05) is 56.6 Å². The maximum Gasteiger partial charge on any atom is 0.303 e. The van der Waals surface area contributed by atoms with Crippen LogP contribution in [0.15, 0.2) is 36.5 Å². The van der Waals surface area contributed by atoms with Gasteiger partial charge in [0.2, 0.25) is 0 Å². The second-order valence-electron chi connectivity index (χ2n) is 6.22. The molecule has 2 atom stereocenters. The second-order valence-corrected chi connectivity index (χ2v) is 6.22. The molecule has 0 saturated carbocycles. The Labute approximate surface area is 140 Å². The predicted molar refractivity (Wildman–Crippen MR) is 94.3 cm³/mol. The largest absolute Gasteiger partial charge is 0.481 e. The van der Waals surface area contributed by atoms with Gasteiger partial charge in [0.25, 0.3) is 0 Å². The number of hydrogen-bond donors (Lipinski definition) is 1. The summed E-state index contributed by atoms with van der Waals surface area (Å²) in [6.45, 7) is 2.21. The van der Waals surface area contributed by atoms with Crippen molar-refractivity contribution in [1.82, 2.24) is 0 Å². The summed E-state index contributed by atoms with van der Waals surface area (Å²) < 4.78 is 0. The minimum Gasteiger partial charge on any atom is -0.481 e. The number of rotatable bonds is 12. The third kappa shape index (κ3) is 8.53. The highest BCUT2D eigenvalue weighted by Crippen LogP contribution is 2.27. The molecule has 0 aliphatic heterocycles. The molecular formula is C20H30O3. The Bertz CT molecular complexity index is 446. The van der Waals surface area contributed by atoms with Gasteiger partial charge in [-0.2, -0.15) is 0 Å². The third-order valence-electron chi connectivity index (χ3n) is 4.21. The molecule has 0 radical (unpaired) electrons. The first-order valence-electron chi connectivity index (χ1n) is 8.90. The fourth-order valence-corrected chi connectivity index (χ4v) is 2.80. The van der Waals surface area contributed by atoms with Gasteiger partial charge in [-0.15, -0.1) is 0 Å². The van der Waals surface area contributed by atoms with Crippen molar-refractivity contribution in [1.29, 1.82) is 0 Å². The maximum atomic E-state index is 11.9. The van der Waals surface area contributed by atoms with Gasteiger partial charge in [0.15, 0.2) is 5.78 Å². The van der Waals surface area contributed by atoms with Crippen molar-refractivity contribution in [3.8, 4) is 0 Å². The van der Waals surface area contributed by atoms with E-state index in [0.717, 1.165) is 19.3 Å². The van der Waals surface area contributed by atoms with Crippen LogP contribution in [0.1, 0.15) is 64.7 Å². The van der Waals surface area contributed by atoms with Crippen molar-refractivity contribution in [2.24, 2.45) is 11.8 Å². The fourth-order valence-electron chi connectivity index (χ4n) is 2.80. The Morgan fingerprint density at radius 3 is 2.65 bits per heavy atom. The molecule has 0 aromatic rings. The molecule has 3 heteroatoms. The average molecular weight is 318 g/mol. The van der Waals surface area contributed by atoms with E-state index in [0.29, 0.717) is 6.42 Å². The monoisotopic (exact) mass is 318 g/mol. The van der Waals surface area contributed by atoms with Crippen LogP contribution in [-0.4, -0.2) is 16.9 Å². The van der Waals surface area contributed by atoms with Crippen molar-refractivity contribution < 1.29 is 14.7 Å². The van der Waals surface area contributed by atoms with E-state index in [2.05, 4.69) is 19.1 Å². The van der Waals surface area contributed by atoms with E-state index in [-0.39, 0.29) is 24.0 Å². The number of carboxylic acids is 1. The molecule has 1 N–H and O–H groups in total.